The van der Waals surface area contributed by atoms with Crippen molar-refractivity contribution >= 4 is 27.9 Å². The number of amides is 1. The summed E-state index contributed by atoms with van der Waals surface area (Å²) in [5.74, 6) is 0.0974. The van der Waals surface area contributed by atoms with Crippen molar-refractivity contribution in [1.29, 1.82) is 0 Å². The average molecular weight is 301 g/mol. The van der Waals surface area contributed by atoms with Gasteiger partial charge in [-0.15, -0.1) is 11.6 Å². The van der Waals surface area contributed by atoms with Gasteiger partial charge in [0.25, 0.3) is 0 Å². The second-order valence-corrected chi connectivity index (χ2v) is 5.99. The third-order valence-electron chi connectivity index (χ3n) is 2.22. The zero-order valence-electron chi connectivity index (χ0n) is 10.3. The van der Waals surface area contributed by atoms with E-state index in [1.165, 1.54) is 0 Å². The highest BCUT2D eigenvalue weighted by molar-refractivity contribution is 7.87. The lowest BCUT2D eigenvalue weighted by Crippen LogP contribution is -2.54. The molecular formula is C9H17ClN2O5S. The Balaban J connectivity index is 2.69. The number of rotatable bonds is 4. The molecular weight excluding hydrogens is 284 g/mol. The fourth-order valence-electron chi connectivity index (χ4n) is 1.48. The van der Waals surface area contributed by atoms with Crippen molar-refractivity contribution in [1.82, 2.24) is 9.03 Å². The first-order valence-corrected chi connectivity index (χ1v) is 7.48. The Morgan fingerprint density at radius 3 is 2.83 bits per heavy atom. The third-order valence-corrected chi connectivity index (χ3v) is 4.09. The summed E-state index contributed by atoms with van der Waals surface area (Å²) in [7, 11) is -3.95. The molecule has 1 atom stereocenters. The summed E-state index contributed by atoms with van der Waals surface area (Å²) >= 11 is 5.67. The minimum Gasteiger partial charge on any atom is -0.446 e. The van der Waals surface area contributed by atoms with Crippen LogP contribution in [-0.2, 0) is 19.7 Å². The molecule has 0 radical (unpaired) electrons. The maximum atomic E-state index is 11.9. The summed E-state index contributed by atoms with van der Waals surface area (Å²) in [5, 5.41) is 0. The Hall–Kier alpha value is -0.570. The molecule has 1 saturated heterocycles. The van der Waals surface area contributed by atoms with E-state index in [9.17, 15) is 13.2 Å². The largest absolute Gasteiger partial charge is 0.446 e. The van der Waals surface area contributed by atoms with Crippen LogP contribution in [0.3, 0.4) is 0 Å². The van der Waals surface area contributed by atoms with Crippen molar-refractivity contribution in [3.8, 4) is 0 Å². The maximum absolute atomic E-state index is 11.9. The molecule has 1 heterocycles. The van der Waals surface area contributed by atoms with Crippen LogP contribution in [0.25, 0.3) is 0 Å². The molecule has 1 aliphatic heterocycles. The average Bonchev–Trinajstić information content (AvgIpc) is 2.27. The fourth-order valence-corrected chi connectivity index (χ4v) is 3.04. The van der Waals surface area contributed by atoms with Gasteiger partial charge >= 0.3 is 16.3 Å². The number of hydrogen-bond acceptors (Lipinski definition) is 5. The number of hydrogen-bond donors (Lipinski definition) is 1. The first kappa shape index (κ1) is 15.5. The van der Waals surface area contributed by atoms with E-state index < -0.39 is 28.4 Å². The summed E-state index contributed by atoms with van der Waals surface area (Å²) in [6.45, 7) is 3.89. The lowest BCUT2D eigenvalue weighted by atomic mass is 10.3. The van der Waals surface area contributed by atoms with Crippen LogP contribution in [-0.4, -0.2) is 56.6 Å². The molecule has 1 N–H and O–H groups in total. The highest BCUT2D eigenvalue weighted by Gasteiger charge is 2.33. The molecule has 1 unspecified atom stereocenters. The predicted molar refractivity (Wildman–Crippen MR) is 65.7 cm³/mol. The van der Waals surface area contributed by atoms with Crippen LogP contribution in [0.15, 0.2) is 0 Å². The second kappa shape index (κ2) is 6.55. The normalized spacial score (nSPS) is 21.9. The van der Waals surface area contributed by atoms with Gasteiger partial charge < -0.3 is 9.47 Å². The molecule has 1 amide bonds. The van der Waals surface area contributed by atoms with Crippen molar-refractivity contribution in [2.24, 2.45) is 0 Å². The number of nitrogens with zero attached hydrogens (tertiary/aromatic N) is 1. The Morgan fingerprint density at radius 1 is 1.61 bits per heavy atom. The van der Waals surface area contributed by atoms with Gasteiger partial charge in [-0.05, 0) is 13.8 Å². The number of carbonyl (C=O) groups is 1. The molecule has 1 aliphatic rings. The van der Waals surface area contributed by atoms with Crippen LogP contribution >= 0.6 is 11.6 Å². The highest BCUT2D eigenvalue weighted by Crippen LogP contribution is 2.12. The van der Waals surface area contributed by atoms with Crippen molar-refractivity contribution in [2.75, 3.05) is 25.6 Å². The van der Waals surface area contributed by atoms with Crippen molar-refractivity contribution in [2.45, 2.75) is 26.0 Å². The third kappa shape index (κ3) is 4.27. The van der Waals surface area contributed by atoms with E-state index >= 15 is 0 Å². The quantitative estimate of drug-likeness (QED) is 0.755. The predicted octanol–water partition coefficient (Wildman–Crippen LogP) is 0.305. The zero-order valence-corrected chi connectivity index (χ0v) is 11.8. The molecule has 0 aromatic heterocycles. The molecule has 0 aromatic carbocycles. The summed E-state index contributed by atoms with van der Waals surface area (Å²) in [6, 6.07) is -0.482. The minimum absolute atomic E-state index is 0.0974. The van der Waals surface area contributed by atoms with Crippen LogP contribution in [0, 0.1) is 0 Å². The standard InChI is InChI=1S/C9H17ClN2O5S/c1-7(2)17-9(13)11-18(14,15)12-3-4-16-6-8(12)5-10/h7-8H,3-6H2,1-2H3,(H,11,13). The molecule has 0 bridgehead atoms. The molecule has 1 rings (SSSR count). The number of morpholine rings is 1. The van der Waals surface area contributed by atoms with Gasteiger partial charge in [0.2, 0.25) is 0 Å². The molecule has 18 heavy (non-hydrogen) atoms. The number of carbonyl (C=O) groups excluding carboxylic acids is 1. The van der Waals surface area contributed by atoms with Crippen LogP contribution in [0.4, 0.5) is 4.79 Å². The molecule has 7 nitrogen and oxygen atoms in total. The topological polar surface area (TPSA) is 84.9 Å². The van der Waals surface area contributed by atoms with Gasteiger partial charge in [0, 0.05) is 12.4 Å². The van der Waals surface area contributed by atoms with Crippen LogP contribution in [0.5, 0.6) is 0 Å². The van der Waals surface area contributed by atoms with Crippen molar-refractivity contribution < 1.29 is 22.7 Å². The van der Waals surface area contributed by atoms with E-state index in [0.29, 0.717) is 0 Å². The molecule has 0 spiro atoms. The Kier molecular flexibility index (Phi) is 5.64. The highest BCUT2D eigenvalue weighted by atomic mass is 35.5. The molecule has 0 saturated carbocycles. The number of alkyl halides is 1. The van der Waals surface area contributed by atoms with Crippen molar-refractivity contribution in [3.63, 3.8) is 0 Å². The SMILES string of the molecule is CC(C)OC(=O)NS(=O)(=O)N1CCOCC1CCl. The number of halogens is 1. The van der Waals surface area contributed by atoms with E-state index in [-0.39, 0.29) is 25.6 Å². The summed E-state index contributed by atoms with van der Waals surface area (Å²) in [6.07, 6.45) is -1.39. The maximum Gasteiger partial charge on any atom is 0.422 e. The Bertz CT molecular complexity index is 386. The van der Waals surface area contributed by atoms with E-state index in [4.69, 9.17) is 21.1 Å². The van der Waals surface area contributed by atoms with Crippen LogP contribution in [0.1, 0.15) is 13.8 Å². The first-order valence-electron chi connectivity index (χ1n) is 5.50. The van der Waals surface area contributed by atoms with Gasteiger partial charge in [-0.25, -0.2) is 9.52 Å². The number of nitrogens with one attached hydrogen (secondary N) is 1. The van der Waals surface area contributed by atoms with E-state index in [2.05, 4.69) is 0 Å². The fraction of sp³-hybridized carbons (Fsp3) is 0.889. The van der Waals surface area contributed by atoms with Crippen molar-refractivity contribution in [3.05, 3.63) is 0 Å². The summed E-state index contributed by atoms with van der Waals surface area (Å²) in [4.78, 5) is 11.3. The van der Waals surface area contributed by atoms with E-state index in [1.54, 1.807) is 13.8 Å². The zero-order chi connectivity index (χ0) is 13.8. The van der Waals surface area contributed by atoms with Gasteiger partial charge in [-0.1, -0.05) is 0 Å². The molecule has 9 heteroatoms. The monoisotopic (exact) mass is 300 g/mol. The lowest BCUT2D eigenvalue weighted by Gasteiger charge is -2.32. The Morgan fingerprint density at radius 2 is 2.28 bits per heavy atom. The van der Waals surface area contributed by atoms with Crippen LogP contribution < -0.4 is 4.72 Å². The molecule has 0 aromatic rings. The summed E-state index contributed by atoms with van der Waals surface area (Å²) in [5.41, 5.74) is 0. The minimum atomic E-state index is -3.95. The van der Waals surface area contributed by atoms with Gasteiger partial charge in [0.1, 0.15) is 0 Å². The Labute approximate surface area is 112 Å². The summed E-state index contributed by atoms with van der Waals surface area (Å²) < 4.78 is 36.7. The smallest absolute Gasteiger partial charge is 0.422 e. The van der Waals surface area contributed by atoms with Gasteiger partial charge in [-0.3, -0.25) is 0 Å². The van der Waals surface area contributed by atoms with E-state index in [1.807, 2.05) is 4.72 Å². The van der Waals surface area contributed by atoms with Crippen LogP contribution in [0.2, 0.25) is 0 Å². The van der Waals surface area contributed by atoms with Gasteiger partial charge in [0.05, 0.1) is 25.4 Å². The molecule has 1 fully saturated rings. The van der Waals surface area contributed by atoms with Gasteiger partial charge in [0.15, 0.2) is 0 Å². The van der Waals surface area contributed by atoms with E-state index in [0.717, 1.165) is 4.31 Å². The number of ether oxygens (including phenoxy) is 2. The lowest BCUT2D eigenvalue weighted by molar-refractivity contribution is 0.0396. The molecule has 0 aliphatic carbocycles. The molecule has 106 valence electrons. The first-order chi connectivity index (χ1) is 8.36. The second-order valence-electron chi connectivity index (χ2n) is 4.05. The van der Waals surface area contributed by atoms with Gasteiger partial charge in [-0.2, -0.15) is 12.7 Å².